The third kappa shape index (κ3) is 4.81. The van der Waals surface area contributed by atoms with Crippen LogP contribution in [0.15, 0.2) is 66.7 Å². The van der Waals surface area contributed by atoms with Crippen molar-refractivity contribution < 1.29 is 1.43 Å². The minimum atomic E-state index is 0. The third-order valence-electron chi connectivity index (χ3n) is 1.61. The van der Waals surface area contributed by atoms with Crippen molar-refractivity contribution in [3.8, 4) is 0 Å². The Morgan fingerprint density at radius 1 is 0.615 bits per heavy atom. The Hall–Kier alpha value is -1.56. The van der Waals surface area contributed by atoms with Gasteiger partial charge in [0.15, 0.2) is 0 Å². The van der Waals surface area contributed by atoms with Gasteiger partial charge in [-0.3, -0.25) is 0 Å². The van der Waals surface area contributed by atoms with Crippen LogP contribution in [0.5, 0.6) is 0 Å². The summed E-state index contributed by atoms with van der Waals surface area (Å²) in [6.45, 7) is 2.08. The summed E-state index contributed by atoms with van der Waals surface area (Å²) in [5, 5.41) is 0. The Morgan fingerprint density at radius 3 is 1.15 bits per heavy atom. The number of benzene rings is 2. The van der Waals surface area contributed by atoms with Crippen molar-refractivity contribution in [2.75, 3.05) is 0 Å². The molecule has 0 spiro atoms. The summed E-state index contributed by atoms with van der Waals surface area (Å²) in [6.07, 6.45) is 0. The minimum absolute atomic E-state index is 0. The van der Waals surface area contributed by atoms with Crippen molar-refractivity contribution in [2.24, 2.45) is 0 Å². The lowest BCUT2D eigenvalue weighted by molar-refractivity contribution is 1.48. The topological polar surface area (TPSA) is 0 Å². The smallest absolute Gasteiger partial charge is 0.0623 e. The lowest BCUT2D eigenvalue weighted by Gasteiger charge is -1.82. The molecule has 0 heterocycles. The van der Waals surface area contributed by atoms with E-state index in [0.717, 1.165) is 0 Å². The molecule has 0 fully saturated rings. The molecule has 0 N–H and O–H groups in total. The molecule has 0 aliphatic heterocycles. The number of rotatable bonds is 0. The highest BCUT2D eigenvalue weighted by Crippen LogP contribution is 1.92. The zero-order valence-corrected chi connectivity index (χ0v) is 7.85. The summed E-state index contributed by atoms with van der Waals surface area (Å²) in [7, 11) is 0. The van der Waals surface area contributed by atoms with Gasteiger partial charge < -0.3 is 0 Å². The highest BCUT2D eigenvalue weighted by Gasteiger charge is 1.72. The van der Waals surface area contributed by atoms with Gasteiger partial charge in [-0.05, 0) is 6.92 Å². The summed E-state index contributed by atoms with van der Waals surface area (Å²) in [4.78, 5) is 0. The van der Waals surface area contributed by atoms with Crippen LogP contribution in [-0.2, 0) is 0 Å². The predicted octanol–water partition coefficient (Wildman–Crippen LogP) is 3.79. The first kappa shape index (κ1) is 9.53. The zero-order valence-electron chi connectivity index (χ0n) is 8.85. The molecular weight excluding hydrogens is 156 g/mol. The molecule has 0 bridgehead atoms. The lowest BCUT2D eigenvalue weighted by atomic mass is 10.2. The lowest BCUT2D eigenvalue weighted by Crippen LogP contribution is -1.62. The summed E-state index contributed by atoms with van der Waals surface area (Å²) in [5.41, 5.74) is 1.32. The Bertz CT molecular complexity index is 276. The van der Waals surface area contributed by atoms with Gasteiger partial charge in [-0.1, -0.05) is 72.3 Å². The van der Waals surface area contributed by atoms with Crippen molar-refractivity contribution in [1.82, 2.24) is 0 Å². The van der Waals surface area contributed by atoms with Crippen LogP contribution in [0, 0.1) is 6.92 Å². The molecule has 13 heavy (non-hydrogen) atoms. The molecule has 66 valence electrons. The second kappa shape index (κ2) is 6.01. The van der Waals surface area contributed by atoms with Crippen molar-refractivity contribution >= 4 is 0 Å². The molecule has 0 saturated carbocycles. The maximum atomic E-state index is 2.08. The van der Waals surface area contributed by atoms with Gasteiger partial charge in [0.1, 0.15) is 0 Å². The van der Waals surface area contributed by atoms with Crippen LogP contribution in [0.4, 0.5) is 0 Å². The summed E-state index contributed by atoms with van der Waals surface area (Å²) >= 11 is 0. The fourth-order valence-corrected chi connectivity index (χ4v) is 0.919. The molecule has 0 amide bonds. The van der Waals surface area contributed by atoms with E-state index in [9.17, 15) is 0 Å². The Morgan fingerprint density at radius 2 is 0.923 bits per heavy atom. The molecule has 2 aromatic carbocycles. The number of aryl methyl sites for hydroxylation is 1. The molecule has 2 rings (SSSR count). The van der Waals surface area contributed by atoms with Crippen molar-refractivity contribution in [2.45, 2.75) is 6.92 Å². The molecular formula is C13H15+. The largest absolute Gasteiger partial charge is 1.00 e. The van der Waals surface area contributed by atoms with Crippen molar-refractivity contribution in [1.29, 1.82) is 0 Å². The molecule has 0 atom stereocenters. The average Bonchev–Trinajstić information content (AvgIpc) is 2.22. The van der Waals surface area contributed by atoms with E-state index in [1.54, 1.807) is 0 Å². The van der Waals surface area contributed by atoms with E-state index in [4.69, 9.17) is 0 Å². The maximum absolute atomic E-state index is 2.08. The Balaban J connectivity index is 0.000000227. The van der Waals surface area contributed by atoms with E-state index >= 15 is 0 Å². The number of hydrogen-bond donors (Lipinski definition) is 0. The highest BCUT2D eigenvalue weighted by molar-refractivity contribution is 5.11. The van der Waals surface area contributed by atoms with Crippen LogP contribution in [0.3, 0.4) is 0 Å². The second-order valence-electron chi connectivity index (χ2n) is 2.81. The maximum Gasteiger partial charge on any atom is 1.00 e. The van der Waals surface area contributed by atoms with E-state index < -0.39 is 0 Å². The van der Waals surface area contributed by atoms with Crippen LogP contribution in [0.25, 0.3) is 0 Å². The fourth-order valence-electron chi connectivity index (χ4n) is 0.919. The molecule has 0 saturated heterocycles. The molecule has 0 heteroatoms. The fraction of sp³-hybridized carbons (Fsp3) is 0.0769. The van der Waals surface area contributed by atoms with Gasteiger partial charge in [0, 0.05) is 0 Å². The third-order valence-corrected chi connectivity index (χ3v) is 1.61. The minimum Gasteiger partial charge on any atom is -0.0623 e. The first-order valence-electron chi connectivity index (χ1n) is 4.41. The Kier molecular flexibility index (Phi) is 4.41. The van der Waals surface area contributed by atoms with E-state index in [-0.39, 0.29) is 1.43 Å². The first-order chi connectivity index (χ1) is 6.39. The molecule has 0 aliphatic rings. The number of hydrogen-bond acceptors (Lipinski definition) is 0. The SMILES string of the molecule is Cc1ccccc1.[H+].c1ccccc1. The van der Waals surface area contributed by atoms with Gasteiger partial charge >= 0.3 is 1.43 Å². The highest BCUT2D eigenvalue weighted by atomic mass is 13.8. The first-order valence-corrected chi connectivity index (χ1v) is 4.41. The van der Waals surface area contributed by atoms with Crippen LogP contribution in [0.2, 0.25) is 0 Å². The van der Waals surface area contributed by atoms with Crippen LogP contribution in [-0.4, -0.2) is 0 Å². The average molecular weight is 171 g/mol. The van der Waals surface area contributed by atoms with E-state index in [2.05, 4.69) is 19.1 Å². The van der Waals surface area contributed by atoms with Crippen LogP contribution in [0.1, 0.15) is 6.99 Å². The van der Waals surface area contributed by atoms with E-state index in [1.807, 2.05) is 54.6 Å². The van der Waals surface area contributed by atoms with Crippen LogP contribution >= 0.6 is 0 Å². The van der Waals surface area contributed by atoms with Gasteiger partial charge in [-0.15, -0.1) is 0 Å². The molecule has 0 radical (unpaired) electrons. The molecule has 0 nitrogen and oxygen atoms in total. The summed E-state index contributed by atoms with van der Waals surface area (Å²) < 4.78 is 0. The molecule has 0 aromatic heterocycles. The molecule has 0 unspecified atom stereocenters. The van der Waals surface area contributed by atoms with Gasteiger partial charge in [-0.2, -0.15) is 0 Å². The van der Waals surface area contributed by atoms with Gasteiger partial charge in [-0.25, -0.2) is 0 Å². The van der Waals surface area contributed by atoms with Crippen LogP contribution < -0.4 is 0 Å². The molecule has 0 aliphatic carbocycles. The van der Waals surface area contributed by atoms with Gasteiger partial charge in [0.2, 0.25) is 0 Å². The second-order valence-corrected chi connectivity index (χ2v) is 2.81. The predicted molar refractivity (Wildman–Crippen MR) is 58.7 cm³/mol. The van der Waals surface area contributed by atoms with E-state index in [1.165, 1.54) is 5.56 Å². The monoisotopic (exact) mass is 171 g/mol. The van der Waals surface area contributed by atoms with Crippen molar-refractivity contribution in [3.05, 3.63) is 72.3 Å². The van der Waals surface area contributed by atoms with Crippen molar-refractivity contribution in [3.63, 3.8) is 0 Å². The zero-order chi connectivity index (χ0) is 9.36. The summed E-state index contributed by atoms with van der Waals surface area (Å²) in [6, 6.07) is 22.3. The van der Waals surface area contributed by atoms with Gasteiger partial charge in [0.25, 0.3) is 0 Å². The quantitative estimate of drug-likeness (QED) is 0.565. The summed E-state index contributed by atoms with van der Waals surface area (Å²) in [5.74, 6) is 0. The molecule has 2 aromatic rings. The van der Waals surface area contributed by atoms with Gasteiger partial charge in [0.05, 0.1) is 0 Å². The normalized spacial score (nSPS) is 8.38. The standard InChI is InChI=1S/C7H8.C6H6/c1-7-5-3-2-4-6-7;1-2-4-6-5-3-1/h2-6H,1H3;1-6H/p+1. The Labute approximate surface area is 81.3 Å². The van der Waals surface area contributed by atoms with E-state index in [0.29, 0.717) is 0 Å².